The van der Waals surface area contributed by atoms with E-state index in [1.54, 1.807) is 6.20 Å². The van der Waals surface area contributed by atoms with Crippen LogP contribution in [0, 0.1) is 0 Å². The maximum atomic E-state index is 12.6. The highest BCUT2D eigenvalue weighted by Gasteiger charge is 2.28. The molecule has 2 N–H and O–H groups in total. The van der Waals surface area contributed by atoms with Gasteiger partial charge in [-0.2, -0.15) is 11.8 Å². The fraction of sp³-hybridized carbons (Fsp3) is 0.385. The van der Waals surface area contributed by atoms with Gasteiger partial charge in [0, 0.05) is 30.3 Å². The van der Waals surface area contributed by atoms with Crippen LogP contribution < -0.4 is 5.73 Å². The molecule has 0 bridgehead atoms. The predicted octanol–water partition coefficient (Wildman–Crippen LogP) is 2.46. The molecule has 3 rings (SSSR count). The Kier molecular flexibility index (Phi) is 3.36. The first-order valence-corrected chi connectivity index (χ1v) is 8.17. The maximum Gasteiger partial charge on any atom is 0.266 e. The minimum Gasteiger partial charge on any atom is -0.396 e. The van der Waals surface area contributed by atoms with Crippen molar-refractivity contribution in [3.05, 3.63) is 23.2 Å². The van der Waals surface area contributed by atoms with Crippen molar-refractivity contribution in [2.45, 2.75) is 13.0 Å². The highest BCUT2D eigenvalue weighted by molar-refractivity contribution is 7.99. The SMILES string of the molecule is CC1CSCCN1C(=O)c1sc2cccnc2c1N. The van der Waals surface area contributed by atoms with E-state index in [0.717, 1.165) is 28.3 Å². The molecule has 0 aromatic carbocycles. The van der Waals surface area contributed by atoms with Gasteiger partial charge in [-0.05, 0) is 19.1 Å². The van der Waals surface area contributed by atoms with Crippen molar-refractivity contribution in [3.63, 3.8) is 0 Å². The molecule has 1 aliphatic rings. The number of nitrogens with zero attached hydrogens (tertiary/aromatic N) is 2. The van der Waals surface area contributed by atoms with Gasteiger partial charge in [-0.25, -0.2) is 0 Å². The highest BCUT2D eigenvalue weighted by Crippen LogP contribution is 2.33. The molecule has 19 heavy (non-hydrogen) atoms. The summed E-state index contributed by atoms with van der Waals surface area (Å²) in [6, 6.07) is 4.09. The zero-order chi connectivity index (χ0) is 13.4. The van der Waals surface area contributed by atoms with Crippen LogP contribution in [0.5, 0.6) is 0 Å². The molecule has 2 aromatic heterocycles. The molecule has 0 aliphatic carbocycles. The topological polar surface area (TPSA) is 59.2 Å². The molecule has 3 heterocycles. The van der Waals surface area contributed by atoms with Crippen molar-refractivity contribution in [1.29, 1.82) is 0 Å². The largest absolute Gasteiger partial charge is 0.396 e. The first-order chi connectivity index (χ1) is 9.18. The lowest BCUT2D eigenvalue weighted by atomic mass is 10.2. The number of thiophene rings is 1. The maximum absolute atomic E-state index is 12.6. The number of nitrogens with two attached hydrogens (primary N) is 1. The highest BCUT2D eigenvalue weighted by atomic mass is 32.2. The van der Waals surface area contributed by atoms with E-state index >= 15 is 0 Å². The Hall–Kier alpha value is -1.27. The van der Waals surface area contributed by atoms with Gasteiger partial charge in [0.1, 0.15) is 10.4 Å². The summed E-state index contributed by atoms with van der Waals surface area (Å²) in [6.07, 6.45) is 1.71. The van der Waals surface area contributed by atoms with Crippen LogP contribution in [-0.2, 0) is 0 Å². The number of amides is 1. The number of hydrogen-bond acceptors (Lipinski definition) is 5. The lowest BCUT2D eigenvalue weighted by Gasteiger charge is -2.32. The number of fused-ring (bicyclic) bond motifs is 1. The number of thioether (sulfide) groups is 1. The van der Waals surface area contributed by atoms with Crippen molar-refractivity contribution in [3.8, 4) is 0 Å². The quantitative estimate of drug-likeness (QED) is 0.877. The van der Waals surface area contributed by atoms with Gasteiger partial charge in [-0.15, -0.1) is 11.3 Å². The molecule has 2 aromatic rings. The van der Waals surface area contributed by atoms with Crippen LogP contribution in [0.3, 0.4) is 0 Å². The molecule has 1 atom stereocenters. The van der Waals surface area contributed by atoms with Gasteiger partial charge in [-0.3, -0.25) is 9.78 Å². The standard InChI is InChI=1S/C13H15N3OS2/c1-8-7-18-6-5-16(8)13(17)12-10(14)11-9(19-12)3-2-4-15-11/h2-4,8H,5-7,14H2,1H3. The van der Waals surface area contributed by atoms with Crippen LogP contribution in [-0.4, -0.2) is 39.9 Å². The van der Waals surface area contributed by atoms with Gasteiger partial charge in [0.25, 0.3) is 5.91 Å². The fourth-order valence-electron chi connectivity index (χ4n) is 2.27. The Morgan fingerprint density at radius 3 is 3.16 bits per heavy atom. The zero-order valence-corrected chi connectivity index (χ0v) is 12.3. The number of pyridine rings is 1. The Morgan fingerprint density at radius 2 is 2.42 bits per heavy atom. The third-order valence-corrected chi connectivity index (χ3v) is 5.64. The second-order valence-electron chi connectivity index (χ2n) is 4.62. The minimum atomic E-state index is 0.0494. The van der Waals surface area contributed by atoms with E-state index in [9.17, 15) is 4.79 Å². The Balaban J connectivity index is 1.99. The molecule has 1 fully saturated rings. The number of carbonyl (C=O) groups is 1. The molecule has 0 radical (unpaired) electrons. The first kappa shape index (κ1) is 12.7. The summed E-state index contributed by atoms with van der Waals surface area (Å²) in [5, 5.41) is 0. The smallest absolute Gasteiger partial charge is 0.266 e. The lowest BCUT2D eigenvalue weighted by Crippen LogP contribution is -2.44. The number of hydrogen-bond donors (Lipinski definition) is 1. The van der Waals surface area contributed by atoms with Crippen LogP contribution in [0.4, 0.5) is 5.69 Å². The minimum absolute atomic E-state index is 0.0494. The number of rotatable bonds is 1. The molecule has 100 valence electrons. The van der Waals surface area contributed by atoms with Crippen molar-refractivity contribution in [2.24, 2.45) is 0 Å². The first-order valence-electron chi connectivity index (χ1n) is 6.20. The van der Waals surface area contributed by atoms with Crippen molar-refractivity contribution in [1.82, 2.24) is 9.88 Å². The van der Waals surface area contributed by atoms with E-state index in [1.807, 2.05) is 28.8 Å². The molecule has 6 heteroatoms. The molecule has 1 aliphatic heterocycles. The van der Waals surface area contributed by atoms with E-state index in [2.05, 4.69) is 11.9 Å². The molecule has 1 amide bonds. The fourth-order valence-corrected chi connectivity index (χ4v) is 4.32. The second kappa shape index (κ2) is 5.02. The summed E-state index contributed by atoms with van der Waals surface area (Å²) >= 11 is 3.34. The van der Waals surface area contributed by atoms with Gasteiger partial charge in [-0.1, -0.05) is 0 Å². The molecule has 1 saturated heterocycles. The average molecular weight is 293 g/mol. The summed E-state index contributed by atoms with van der Waals surface area (Å²) < 4.78 is 0.974. The van der Waals surface area contributed by atoms with Crippen LogP contribution in [0.1, 0.15) is 16.6 Å². The van der Waals surface area contributed by atoms with E-state index < -0.39 is 0 Å². The molecular weight excluding hydrogens is 278 g/mol. The Labute approximate surface area is 120 Å². The van der Waals surface area contributed by atoms with E-state index in [4.69, 9.17) is 5.73 Å². The lowest BCUT2D eigenvalue weighted by molar-refractivity contribution is 0.0722. The van der Waals surface area contributed by atoms with E-state index in [1.165, 1.54) is 11.3 Å². The van der Waals surface area contributed by atoms with Gasteiger partial charge in [0.05, 0.1) is 10.4 Å². The van der Waals surface area contributed by atoms with Crippen LogP contribution >= 0.6 is 23.1 Å². The third kappa shape index (κ3) is 2.19. The van der Waals surface area contributed by atoms with Gasteiger partial charge in [0.2, 0.25) is 0 Å². The van der Waals surface area contributed by atoms with Crippen LogP contribution in [0.2, 0.25) is 0 Å². The summed E-state index contributed by atoms with van der Waals surface area (Å²) in [5.41, 5.74) is 7.36. The molecule has 0 saturated carbocycles. The van der Waals surface area contributed by atoms with Crippen molar-refractivity contribution >= 4 is 44.9 Å². The molecule has 1 unspecified atom stereocenters. The van der Waals surface area contributed by atoms with E-state index in [0.29, 0.717) is 10.6 Å². The van der Waals surface area contributed by atoms with E-state index in [-0.39, 0.29) is 11.9 Å². The third-order valence-electron chi connectivity index (χ3n) is 3.31. The van der Waals surface area contributed by atoms with Gasteiger partial charge >= 0.3 is 0 Å². The molecule has 4 nitrogen and oxygen atoms in total. The molecule has 0 spiro atoms. The monoisotopic (exact) mass is 293 g/mol. The second-order valence-corrected chi connectivity index (χ2v) is 6.82. The summed E-state index contributed by atoms with van der Waals surface area (Å²) in [6.45, 7) is 2.89. The van der Waals surface area contributed by atoms with Crippen molar-refractivity contribution in [2.75, 3.05) is 23.8 Å². The predicted molar refractivity (Wildman–Crippen MR) is 81.9 cm³/mol. The van der Waals surface area contributed by atoms with Gasteiger partial charge in [0.15, 0.2) is 0 Å². The summed E-state index contributed by atoms with van der Waals surface area (Å²) in [7, 11) is 0. The zero-order valence-electron chi connectivity index (χ0n) is 10.6. The molecular formula is C13H15N3OS2. The van der Waals surface area contributed by atoms with Gasteiger partial charge < -0.3 is 10.6 Å². The van der Waals surface area contributed by atoms with Crippen LogP contribution in [0.25, 0.3) is 10.2 Å². The Morgan fingerprint density at radius 1 is 1.58 bits per heavy atom. The average Bonchev–Trinajstić information content (AvgIpc) is 2.77. The van der Waals surface area contributed by atoms with Crippen molar-refractivity contribution < 1.29 is 4.79 Å². The normalized spacial score (nSPS) is 19.8. The number of carbonyl (C=O) groups excluding carboxylic acids is 1. The number of nitrogen functional groups attached to an aromatic ring is 1. The summed E-state index contributed by atoms with van der Waals surface area (Å²) in [5.74, 6) is 2.04. The Bertz CT molecular complexity index is 625. The number of aromatic nitrogens is 1. The van der Waals surface area contributed by atoms with Crippen LogP contribution in [0.15, 0.2) is 18.3 Å². The number of anilines is 1. The summed E-state index contributed by atoms with van der Waals surface area (Å²) in [4.78, 5) is 19.4.